The highest BCUT2D eigenvalue weighted by Gasteiger charge is 2.37. The van der Waals surface area contributed by atoms with E-state index in [0.29, 0.717) is 12.3 Å². The van der Waals surface area contributed by atoms with Crippen LogP contribution in [0.5, 0.6) is 0 Å². The molecule has 0 radical (unpaired) electrons. The lowest BCUT2D eigenvalue weighted by molar-refractivity contribution is -0.135. The van der Waals surface area contributed by atoms with Crippen LogP contribution in [0.4, 0.5) is 0 Å². The van der Waals surface area contributed by atoms with Gasteiger partial charge in [0.15, 0.2) is 0 Å². The Morgan fingerprint density at radius 2 is 1.81 bits per heavy atom. The molecule has 2 atom stereocenters. The molecule has 2 fully saturated rings. The van der Waals surface area contributed by atoms with Crippen LogP contribution in [0.3, 0.4) is 0 Å². The Morgan fingerprint density at radius 3 is 2.43 bits per heavy atom. The molecule has 114 valence electrons. The molecule has 1 aromatic rings. The first-order chi connectivity index (χ1) is 10.1. The normalized spacial score (nSPS) is 27.0. The van der Waals surface area contributed by atoms with Crippen molar-refractivity contribution in [2.45, 2.75) is 70.0 Å². The molecule has 2 unspecified atom stereocenters. The third-order valence-electron chi connectivity index (χ3n) is 4.81. The average Bonchev–Trinajstić information content (AvgIpc) is 3.28. The van der Waals surface area contributed by atoms with Crippen LogP contribution in [0.2, 0.25) is 0 Å². The number of nitrogens with zero attached hydrogens (tertiary/aromatic N) is 1. The smallest absolute Gasteiger partial charge is 0.223 e. The molecule has 1 saturated heterocycles. The second kappa shape index (κ2) is 5.80. The van der Waals surface area contributed by atoms with Gasteiger partial charge in [0.05, 0.1) is 6.04 Å². The summed E-state index contributed by atoms with van der Waals surface area (Å²) in [6, 6.07) is 8.89. The van der Waals surface area contributed by atoms with E-state index in [0.717, 1.165) is 12.8 Å². The predicted molar refractivity (Wildman–Crippen MR) is 85.0 cm³/mol. The molecule has 0 aromatic heterocycles. The number of carbonyl (C=O) groups excluding carboxylic acids is 1. The second-order valence-corrected chi connectivity index (χ2v) is 6.80. The topological polar surface area (TPSA) is 46.3 Å². The molecule has 3 nitrogen and oxygen atoms in total. The van der Waals surface area contributed by atoms with Gasteiger partial charge in [-0.15, -0.1) is 0 Å². The summed E-state index contributed by atoms with van der Waals surface area (Å²) in [6.07, 6.45) is 5.01. The molecule has 2 N–H and O–H groups in total. The lowest BCUT2D eigenvalue weighted by Crippen LogP contribution is -2.46. The fourth-order valence-electron chi connectivity index (χ4n) is 3.67. The van der Waals surface area contributed by atoms with Gasteiger partial charge in [-0.25, -0.2) is 0 Å². The van der Waals surface area contributed by atoms with Gasteiger partial charge in [-0.1, -0.05) is 24.3 Å². The number of carbonyl (C=O) groups is 1. The van der Waals surface area contributed by atoms with Crippen LogP contribution in [0.25, 0.3) is 0 Å². The van der Waals surface area contributed by atoms with Gasteiger partial charge < -0.3 is 10.6 Å². The molecule has 1 aromatic carbocycles. The van der Waals surface area contributed by atoms with Gasteiger partial charge in [0.25, 0.3) is 0 Å². The standard InChI is InChI=1S/C18H26N2O/c1-12(2)20-17(21)9-5-8-16(19)18(20)15-7-4-3-6-14(15)13-10-11-13/h3-4,6-7,12-13,16,18H,5,8-11,19H2,1-2H3. The van der Waals surface area contributed by atoms with Gasteiger partial charge in [0.1, 0.15) is 0 Å². The molecule has 3 rings (SSSR count). The third-order valence-corrected chi connectivity index (χ3v) is 4.81. The molecule has 2 aliphatic rings. The van der Waals surface area contributed by atoms with Gasteiger partial charge in [-0.05, 0) is 56.6 Å². The molecular weight excluding hydrogens is 260 g/mol. The van der Waals surface area contributed by atoms with Crippen LogP contribution in [0.15, 0.2) is 24.3 Å². The highest BCUT2D eigenvalue weighted by Crippen LogP contribution is 2.45. The van der Waals surface area contributed by atoms with Crippen LogP contribution in [0.1, 0.15) is 69.0 Å². The summed E-state index contributed by atoms with van der Waals surface area (Å²) in [5.41, 5.74) is 9.20. The minimum absolute atomic E-state index is 0.0387. The molecule has 21 heavy (non-hydrogen) atoms. The third kappa shape index (κ3) is 2.84. The highest BCUT2D eigenvalue weighted by atomic mass is 16.2. The molecule has 0 bridgehead atoms. The van der Waals surface area contributed by atoms with E-state index in [-0.39, 0.29) is 24.0 Å². The molecule has 0 spiro atoms. The van der Waals surface area contributed by atoms with E-state index >= 15 is 0 Å². The summed E-state index contributed by atoms with van der Waals surface area (Å²) in [6.45, 7) is 4.20. The van der Waals surface area contributed by atoms with Crippen molar-refractivity contribution in [2.24, 2.45) is 5.73 Å². The second-order valence-electron chi connectivity index (χ2n) is 6.80. The zero-order valence-corrected chi connectivity index (χ0v) is 13.1. The first-order valence-corrected chi connectivity index (χ1v) is 8.25. The summed E-state index contributed by atoms with van der Waals surface area (Å²) >= 11 is 0. The fraction of sp³-hybridized carbons (Fsp3) is 0.611. The largest absolute Gasteiger partial charge is 0.332 e. The van der Waals surface area contributed by atoms with Gasteiger partial charge >= 0.3 is 0 Å². The number of likely N-dealkylation sites (tertiary alicyclic amines) is 1. The molecule has 1 aliphatic heterocycles. The van der Waals surface area contributed by atoms with Crippen molar-refractivity contribution in [3.8, 4) is 0 Å². The number of rotatable bonds is 3. The number of hydrogen-bond acceptors (Lipinski definition) is 2. The monoisotopic (exact) mass is 286 g/mol. The number of benzene rings is 1. The van der Waals surface area contributed by atoms with Gasteiger partial charge in [-0.2, -0.15) is 0 Å². The Balaban J connectivity index is 2.04. The maximum absolute atomic E-state index is 12.6. The van der Waals surface area contributed by atoms with Crippen molar-refractivity contribution in [3.63, 3.8) is 0 Å². The van der Waals surface area contributed by atoms with E-state index in [2.05, 4.69) is 38.1 Å². The molecule has 1 aliphatic carbocycles. The maximum atomic E-state index is 12.6. The minimum atomic E-state index is 0.0387. The van der Waals surface area contributed by atoms with Gasteiger partial charge in [0.2, 0.25) is 5.91 Å². The Hall–Kier alpha value is -1.35. The summed E-state index contributed by atoms with van der Waals surface area (Å²) in [4.78, 5) is 14.6. The quantitative estimate of drug-likeness (QED) is 0.926. The van der Waals surface area contributed by atoms with Crippen molar-refractivity contribution >= 4 is 5.91 Å². The van der Waals surface area contributed by atoms with Crippen LogP contribution in [0, 0.1) is 0 Å². The van der Waals surface area contributed by atoms with E-state index in [4.69, 9.17) is 5.73 Å². The average molecular weight is 286 g/mol. The zero-order valence-electron chi connectivity index (χ0n) is 13.1. The van der Waals surface area contributed by atoms with E-state index in [1.165, 1.54) is 24.0 Å². The maximum Gasteiger partial charge on any atom is 0.223 e. The van der Waals surface area contributed by atoms with Crippen LogP contribution in [-0.2, 0) is 4.79 Å². The van der Waals surface area contributed by atoms with E-state index in [1.807, 2.05) is 4.90 Å². The summed E-state index contributed by atoms with van der Waals surface area (Å²) in [5, 5.41) is 0. The minimum Gasteiger partial charge on any atom is -0.332 e. The number of amides is 1. The predicted octanol–water partition coefficient (Wildman–Crippen LogP) is 3.35. The Bertz CT molecular complexity index is 522. The Morgan fingerprint density at radius 1 is 1.14 bits per heavy atom. The highest BCUT2D eigenvalue weighted by molar-refractivity contribution is 5.77. The van der Waals surface area contributed by atoms with Crippen molar-refractivity contribution in [1.82, 2.24) is 4.90 Å². The van der Waals surface area contributed by atoms with E-state index in [9.17, 15) is 4.79 Å². The van der Waals surface area contributed by atoms with E-state index < -0.39 is 0 Å². The first kappa shape index (κ1) is 14.6. The number of hydrogen-bond donors (Lipinski definition) is 1. The van der Waals surface area contributed by atoms with Crippen LogP contribution in [-0.4, -0.2) is 22.9 Å². The molecular formula is C18H26N2O. The zero-order chi connectivity index (χ0) is 15.0. The Kier molecular flexibility index (Phi) is 4.03. The van der Waals surface area contributed by atoms with Crippen molar-refractivity contribution in [1.29, 1.82) is 0 Å². The van der Waals surface area contributed by atoms with Crippen LogP contribution >= 0.6 is 0 Å². The van der Waals surface area contributed by atoms with Gasteiger partial charge in [0, 0.05) is 18.5 Å². The summed E-state index contributed by atoms with van der Waals surface area (Å²) in [5.74, 6) is 0.939. The van der Waals surface area contributed by atoms with E-state index in [1.54, 1.807) is 0 Å². The van der Waals surface area contributed by atoms with Gasteiger partial charge in [-0.3, -0.25) is 4.79 Å². The Labute approximate surface area is 127 Å². The number of nitrogens with two attached hydrogens (primary N) is 1. The molecule has 3 heteroatoms. The van der Waals surface area contributed by atoms with Crippen LogP contribution < -0.4 is 5.73 Å². The lowest BCUT2D eigenvalue weighted by atomic mass is 9.90. The molecule has 1 amide bonds. The first-order valence-electron chi connectivity index (χ1n) is 8.25. The fourth-order valence-corrected chi connectivity index (χ4v) is 3.67. The lowest BCUT2D eigenvalue weighted by Gasteiger charge is -2.38. The SMILES string of the molecule is CC(C)N1C(=O)CCCC(N)C1c1ccccc1C1CC1. The van der Waals surface area contributed by atoms with Crippen molar-refractivity contribution < 1.29 is 4.79 Å². The molecule has 1 saturated carbocycles. The summed E-state index contributed by atoms with van der Waals surface area (Å²) < 4.78 is 0. The van der Waals surface area contributed by atoms with Crippen molar-refractivity contribution in [3.05, 3.63) is 35.4 Å². The molecule has 1 heterocycles. The summed E-state index contributed by atoms with van der Waals surface area (Å²) in [7, 11) is 0. The van der Waals surface area contributed by atoms with Crippen molar-refractivity contribution in [2.75, 3.05) is 0 Å².